The highest BCUT2D eigenvalue weighted by Gasteiger charge is 2.45. The summed E-state index contributed by atoms with van der Waals surface area (Å²) in [5, 5.41) is 2.82. The fourth-order valence-electron chi connectivity index (χ4n) is 8.32. The Hall–Kier alpha value is -5.78. The molecule has 1 aliphatic heterocycles. The number of nitrogens with zero attached hydrogens (tertiary/aromatic N) is 2. The van der Waals surface area contributed by atoms with Gasteiger partial charge in [-0.1, -0.05) is 143 Å². The zero-order chi connectivity index (χ0) is 34.2. The van der Waals surface area contributed by atoms with Gasteiger partial charge in [0.1, 0.15) is 0 Å². The summed E-state index contributed by atoms with van der Waals surface area (Å²) < 4.78 is 0. The number of hydrogen-bond donors (Lipinski definition) is 0. The van der Waals surface area contributed by atoms with Gasteiger partial charge in [0, 0.05) is 33.9 Å². The van der Waals surface area contributed by atoms with E-state index in [9.17, 15) is 0 Å². The summed E-state index contributed by atoms with van der Waals surface area (Å²) in [6.45, 7) is 11.8. The number of rotatable bonds is 3. The van der Waals surface area contributed by atoms with E-state index >= 15 is 0 Å². The van der Waals surface area contributed by atoms with Crippen molar-refractivity contribution in [2.75, 3.05) is 0 Å². The van der Waals surface area contributed by atoms with Gasteiger partial charge in [-0.15, -0.1) is 0 Å². The minimum absolute atomic E-state index is 0.0958. The lowest BCUT2D eigenvalue weighted by molar-refractivity contribution is 0.639. The topological polar surface area (TPSA) is 24.7 Å². The van der Waals surface area contributed by atoms with Crippen molar-refractivity contribution in [1.82, 2.24) is 0 Å². The molecular weight excluding hydrogens is 605 g/mol. The molecule has 50 heavy (non-hydrogen) atoms. The van der Waals surface area contributed by atoms with E-state index < -0.39 is 0 Å². The predicted octanol–water partition coefficient (Wildman–Crippen LogP) is 11.2. The van der Waals surface area contributed by atoms with Crippen molar-refractivity contribution in [2.45, 2.75) is 51.9 Å². The molecule has 2 aliphatic carbocycles. The van der Waals surface area contributed by atoms with E-state index in [-0.39, 0.29) is 10.8 Å². The summed E-state index contributed by atoms with van der Waals surface area (Å²) in [6.07, 6.45) is 2.87. The third-order valence-electron chi connectivity index (χ3n) is 11.1. The summed E-state index contributed by atoms with van der Waals surface area (Å²) in [6, 6.07) is 43.1. The minimum atomic E-state index is -0.127. The summed E-state index contributed by atoms with van der Waals surface area (Å²) in [5.74, 6) is 7.81. The molecular formula is C48H38N2. The molecule has 0 fully saturated rings. The Labute approximate surface area is 295 Å². The molecule has 0 bridgehead atoms. The summed E-state index contributed by atoms with van der Waals surface area (Å²) in [5.41, 5.74) is 16.8. The quantitative estimate of drug-likeness (QED) is 0.172. The van der Waals surface area contributed by atoms with E-state index in [1.165, 1.54) is 49.7 Å². The zero-order valence-electron chi connectivity index (χ0n) is 29.2. The Kier molecular flexibility index (Phi) is 6.74. The highest BCUT2D eigenvalue weighted by molar-refractivity contribution is 6.15. The maximum Gasteiger partial charge on any atom is 0.160 e. The summed E-state index contributed by atoms with van der Waals surface area (Å²) >= 11 is 0. The normalized spacial score (nSPS) is 16.1. The molecule has 6 aromatic rings. The largest absolute Gasteiger partial charge is 0.232 e. The lowest BCUT2D eigenvalue weighted by atomic mass is 9.68. The Morgan fingerprint density at radius 2 is 1.16 bits per heavy atom. The van der Waals surface area contributed by atoms with Gasteiger partial charge in [0.2, 0.25) is 0 Å². The van der Waals surface area contributed by atoms with Gasteiger partial charge in [-0.05, 0) is 92.0 Å². The van der Waals surface area contributed by atoms with Crippen molar-refractivity contribution in [2.24, 2.45) is 9.98 Å². The fraction of sp³-hybridized carbons (Fsp3) is 0.167. The van der Waals surface area contributed by atoms with Gasteiger partial charge in [-0.2, -0.15) is 0 Å². The predicted molar refractivity (Wildman–Crippen MR) is 209 cm³/mol. The van der Waals surface area contributed by atoms with Crippen LogP contribution in [0.4, 0.5) is 0 Å². The minimum Gasteiger partial charge on any atom is -0.232 e. The fourth-order valence-corrected chi connectivity index (χ4v) is 8.32. The van der Waals surface area contributed by atoms with Crippen LogP contribution < -0.4 is 0 Å². The van der Waals surface area contributed by atoms with Crippen molar-refractivity contribution in [3.05, 3.63) is 183 Å². The number of benzene rings is 6. The van der Waals surface area contributed by atoms with Crippen molar-refractivity contribution in [1.29, 1.82) is 0 Å². The molecule has 0 spiro atoms. The van der Waals surface area contributed by atoms with E-state index in [2.05, 4.69) is 150 Å². The molecule has 9 rings (SSSR count). The van der Waals surface area contributed by atoms with Crippen LogP contribution in [0.25, 0.3) is 27.6 Å². The number of allylic oxidation sites excluding steroid dienone is 1. The molecule has 2 heteroatoms. The first-order valence-electron chi connectivity index (χ1n) is 17.6. The van der Waals surface area contributed by atoms with Gasteiger partial charge >= 0.3 is 0 Å². The van der Waals surface area contributed by atoms with Gasteiger partial charge in [-0.25, -0.2) is 9.98 Å². The zero-order valence-corrected chi connectivity index (χ0v) is 29.2. The van der Waals surface area contributed by atoms with E-state index in [1.807, 2.05) is 24.3 Å². The number of aliphatic imine (C=N–C) groups is 2. The average Bonchev–Trinajstić information content (AvgIpc) is 3.26. The maximum absolute atomic E-state index is 5.11. The van der Waals surface area contributed by atoms with E-state index in [4.69, 9.17) is 9.98 Å². The van der Waals surface area contributed by atoms with Crippen LogP contribution in [0.15, 0.2) is 137 Å². The molecule has 0 amide bonds. The lowest BCUT2D eigenvalue weighted by Crippen LogP contribution is -2.24. The van der Waals surface area contributed by atoms with Crippen LogP contribution in [0.2, 0.25) is 0 Å². The van der Waals surface area contributed by atoms with Crippen LogP contribution in [-0.2, 0) is 10.8 Å². The van der Waals surface area contributed by atoms with Crippen molar-refractivity contribution in [3.8, 4) is 23.0 Å². The second-order valence-corrected chi connectivity index (χ2v) is 14.9. The average molecular weight is 643 g/mol. The first-order valence-corrected chi connectivity index (χ1v) is 17.6. The van der Waals surface area contributed by atoms with Gasteiger partial charge in [0.25, 0.3) is 0 Å². The summed E-state index contributed by atoms with van der Waals surface area (Å²) in [4.78, 5) is 10.1. The van der Waals surface area contributed by atoms with Crippen LogP contribution in [0.1, 0.15) is 89.8 Å². The highest BCUT2D eigenvalue weighted by atomic mass is 14.9. The molecule has 0 N–H and O–H groups in total. The lowest BCUT2D eigenvalue weighted by Gasteiger charge is -2.35. The number of hydrogen-bond acceptors (Lipinski definition) is 2. The van der Waals surface area contributed by atoms with Crippen molar-refractivity contribution >= 4 is 28.0 Å². The number of aryl methyl sites for hydroxylation is 1. The van der Waals surface area contributed by atoms with Crippen LogP contribution in [0, 0.1) is 18.8 Å². The molecule has 0 atom stereocenters. The van der Waals surface area contributed by atoms with Crippen LogP contribution in [-0.4, -0.2) is 11.5 Å². The van der Waals surface area contributed by atoms with Crippen LogP contribution in [0.5, 0.6) is 0 Å². The van der Waals surface area contributed by atoms with E-state index in [0.717, 1.165) is 45.1 Å². The molecule has 2 nitrogen and oxygen atoms in total. The van der Waals surface area contributed by atoms with Gasteiger partial charge in [0.05, 0.1) is 11.4 Å². The highest BCUT2D eigenvalue weighted by Crippen LogP contribution is 2.60. The molecule has 3 aliphatic rings. The molecule has 0 saturated heterocycles. The molecule has 6 aromatic carbocycles. The maximum atomic E-state index is 5.11. The molecule has 0 saturated carbocycles. The SMILES string of the molecule is Cc1cc2c3c4c(cccc14)C(C)(C)c1cc(C#Cc4ccc(C5=NC(c6ccccc6)=NC(c6ccccc6)=CC5)cc4)cc(c1-3)C2(C)C. The van der Waals surface area contributed by atoms with Crippen molar-refractivity contribution < 1.29 is 0 Å². The Morgan fingerprint density at radius 3 is 1.86 bits per heavy atom. The third kappa shape index (κ3) is 4.65. The second-order valence-electron chi connectivity index (χ2n) is 14.9. The Balaban J connectivity index is 1.08. The smallest absolute Gasteiger partial charge is 0.160 e. The van der Waals surface area contributed by atoms with Crippen molar-refractivity contribution in [3.63, 3.8) is 0 Å². The van der Waals surface area contributed by atoms with Crippen LogP contribution >= 0.6 is 0 Å². The molecule has 0 aromatic heterocycles. The third-order valence-corrected chi connectivity index (χ3v) is 11.1. The second kappa shape index (κ2) is 11.1. The van der Waals surface area contributed by atoms with Gasteiger partial charge in [0.15, 0.2) is 5.84 Å². The van der Waals surface area contributed by atoms with E-state index in [0.29, 0.717) is 6.42 Å². The van der Waals surface area contributed by atoms with E-state index in [1.54, 1.807) is 0 Å². The number of amidine groups is 1. The van der Waals surface area contributed by atoms with Crippen LogP contribution in [0.3, 0.4) is 0 Å². The summed E-state index contributed by atoms with van der Waals surface area (Å²) in [7, 11) is 0. The first-order chi connectivity index (χ1) is 24.2. The monoisotopic (exact) mass is 642 g/mol. The van der Waals surface area contributed by atoms with Gasteiger partial charge < -0.3 is 0 Å². The molecule has 0 unspecified atom stereocenters. The Morgan fingerprint density at radius 1 is 0.540 bits per heavy atom. The molecule has 0 radical (unpaired) electrons. The Bertz CT molecular complexity index is 2530. The standard InChI is InChI=1S/C48H38N2/c1-30-27-38-45-43-36(30)17-12-18-37(43)47(2,3)39-28-32(29-40(44(39)45)48(38,4)5)20-19-31-21-23-34(24-22-31)42-26-25-41(33-13-8-6-9-14-33)49-46(50-42)35-15-10-7-11-16-35/h6-18,21-25,27-29H,26H2,1-5H3. The molecule has 240 valence electrons. The van der Waals surface area contributed by atoms with Gasteiger partial charge in [-0.3, -0.25) is 0 Å². The molecule has 1 heterocycles. The first kappa shape index (κ1) is 30.3.